The largest absolute Gasteiger partial charge is 0.378 e. The first-order valence-corrected chi connectivity index (χ1v) is 9.43. The van der Waals surface area contributed by atoms with Gasteiger partial charge in [0.05, 0.1) is 19.8 Å². The van der Waals surface area contributed by atoms with Crippen molar-refractivity contribution in [3.05, 3.63) is 29.3 Å². The van der Waals surface area contributed by atoms with Crippen LogP contribution in [-0.4, -0.2) is 67.5 Å². The van der Waals surface area contributed by atoms with Gasteiger partial charge in [-0.2, -0.15) is 0 Å². The summed E-state index contributed by atoms with van der Waals surface area (Å²) in [5.41, 5.74) is 6.88. The highest BCUT2D eigenvalue weighted by atomic mass is 35.5. The number of piperidine rings is 1. The van der Waals surface area contributed by atoms with Crippen LogP contribution in [0.5, 0.6) is 0 Å². The van der Waals surface area contributed by atoms with Gasteiger partial charge in [0.2, 0.25) is 17.7 Å². The van der Waals surface area contributed by atoms with E-state index in [-0.39, 0.29) is 62.7 Å². The molecule has 1 aromatic rings. The van der Waals surface area contributed by atoms with Gasteiger partial charge in [0.1, 0.15) is 12.6 Å². The lowest BCUT2D eigenvalue weighted by molar-refractivity contribution is -0.137. The Labute approximate surface area is 179 Å². The Hall–Kier alpha value is -2.53. The van der Waals surface area contributed by atoms with E-state index in [0.29, 0.717) is 36.6 Å². The summed E-state index contributed by atoms with van der Waals surface area (Å²) in [6.07, 6.45) is 0.471. The number of benzene rings is 1. The van der Waals surface area contributed by atoms with Crippen LogP contribution in [0.25, 0.3) is 0 Å². The standard InChI is InChI=1S/C19H24N4O6.ClH/c20-6-7-28-8-9-29-11-17(25)21-14-3-1-2-12-13(14)10-23(19(12)27)15-4-5-16(24)22-18(15)26;/h1-3,15H,4-11,20H2,(H,21,25)(H,22,24,26);1H. The Balaban J connectivity index is 0.00000320. The molecule has 1 atom stereocenters. The third-order valence-electron chi connectivity index (χ3n) is 4.72. The van der Waals surface area contributed by atoms with Crippen LogP contribution in [0.2, 0.25) is 0 Å². The molecule has 0 aromatic heterocycles. The molecule has 164 valence electrons. The summed E-state index contributed by atoms with van der Waals surface area (Å²) in [4.78, 5) is 49.8. The van der Waals surface area contributed by atoms with Gasteiger partial charge in [0.15, 0.2) is 0 Å². The average molecular weight is 441 g/mol. The topological polar surface area (TPSA) is 140 Å². The minimum Gasteiger partial charge on any atom is -0.378 e. The molecule has 0 spiro atoms. The smallest absolute Gasteiger partial charge is 0.255 e. The number of fused-ring (bicyclic) bond motifs is 1. The molecule has 0 aliphatic carbocycles. The van der Waals surface area contributed by atoms with E-state index in [0.717, 1.165) is 0 Å². The SMILES string of the molecule is Cl.NCCOCCOCC(=O)Nc1cccc2c1CN(C1CCC(=O)NC1=O)C2=O. The fourth-order valence-electron chi connectivity index (χ4n) is 3.36. The van der Waals surface area contributed by atoms with Crippen LogP contribution in [0.3, 0.4) is 0 Å². The highest BCUT2D eigenvalue weighted by molar-refractivity contribution is 6.06. The molecule has 1 fully saturated rings. The lowest BCUT2D eigenvalue weighted by Gasteiger charge is -2.29. The summed E-state index contributed by atoms with van der Waals surface area (Å²) in [5, 5.41) is 5.01. The first-order chi connectivity index (χ1) is 14.0. The molecule has 4 amide bonds. The molecule has 4 N–H and O–H groups in total. The van der Waals surface area contributed by atoms with Crippen LogP contribution < -0.4 is 16.4 Å². The van der Waals surface area contributed by atoms with E-state index in [1.165, 1.54) is 4.90 Å². The van der Waals surface area contributed by atoms with Crippen molar-refractivity contribution in [2.45, 2.75) is 25.4 Å². The number of hydrogen-bond donors (Lipinski definition) is 3. The molecular weight excluding hydrogens is 416 g/mol. The van der Waals surface area contributed by atoms with Gasteiger partial charge in [-0.25, -0.2) is 0 Å². The Kier molecular flexibility index (Phi) is 8.72. The summed E-state index contributed by atoms with van der Waals surface area (Å²) in [7, 11) is 0. The van der Waals surface area contributed by atoms with Crippen molar-refractivity contribution >= 4 is 41.7 Å². The molecule has 2 heterocycles. The minimum atomic E-state index is -0.701. The van der Waals surface area contributed by atoms with Crippen molar-refractivity contribution in [1.82, 2.24) is 10.2 Å². The predicted molar refractivity (Wildman–Crippen MR) is 109 cm³/mol. The van der Waals surface area contributed by atoms with Crippen LogP contribution in [0.4, 0.5) is 5.69 Å². The lowest BCUT2D eigenvalue weighted by atomic mass is 10.0. The summed E-state index contributed by atoms with van der Waals surface area (Å²) in [6, 6.07) is 4.32. The van der Waals surface area contributed by atoms with Crippen LogP contribution in [0.15, 0.2) is 18.2 Å². The molecule has 10 nitrogen and oxygen atoms in total. The lowest BCUT2D eigenvalue weighted by Crippen LogP contribution is -2.52. The van der Waals surface area contributed by atoms with Gasteiger partial charge < -0.3 is 25.4 Å². The molecule has 30 heavy (non-hydrogen) atoms. The maximum absolute atomic E-state index is 12.8. The highest BCUT2D eigenvalue weighted by Gasteiger charge is 2.39. The molecule has 1 saturated heterocycles. The number of nitrogens with one attached hydrogen (secondary N) is 2. The second kappa shape index (κ2) is 11.0. The van der Waals surface area contributed by atoms with E-state index >= 15 is 0 Å². The van der Waals surface area contributed by atoms with E-state index in [4.69, 9.17) is 15.2 Å². The second-order valence-electron chi connectivity index (χ2n) is 6.73. The van der Waals surface area contributed by atoms with Gasteiger partial charge in [-0.1, -0.05) is 6.07 Å². The summed E-state index contributed by atoms with van der Waals surface area (Å²) < 4.78 is 10.4. The average Bonchev–Trinajstić information content (AvgIpc) is 3.02. The van der Waals surface area contributed by atoms with Gasteiger partial charge in [-0.15, -0.1) is 12.4 Å². The monoisotopic (exact) mass is 440 g/mol. The highest BCUT2D eigenvalue weighted by Crippen LogP contribution is 2.32. The summed E-state index contributed by atoms with van der Waals surface area (Å²) >= 11 is 0. The zero-order chi connectivity index (χ0) is 20.8. The fraction of sp³-hybridized carbons (Fsp3) is 0.474. The number of amides is 4. The minimum absolute atomic E-state index is 0. The number of carbonyl (C=O) groups excluding carboxylic acids is 4. The zero-order valence-electron chi connectivity index (χ0n) is 16.3. The van der Waals surface area contributed by atoms with Crippen LogP contribution in [-0.2, 0) is 30.4 Å². The molecule has 1 unspecified atom stereocenters. The molecule has 2 aliphatic rings. The second-order valence-corrected chi connectivity index (χ2v) is 6.73. The summed E-state index contributed by atoms with van der Waals surface area (Å²) in [5.74, 6) is -1.46. The first-order valence-electron chi connectivity index (χ1n) is 9.43. The molecule has 3 rings (SSSR count). The maximum atomic E-state index is 12.8. The molecule has 0 radical (unpaired) electrons. The Morgan fingerprint density at radius 2 is 1.97 bits per heavy atom. The van der Waals surface area contributed by atoms with E-state index in [1.54, 1.807) is 18.2 Å². The number of hydrogen-bond acceptors (Lipinski definition) is 7. The summed E-state index contributed by atoms with van der Waals surface area (Å²) in [6.45, 7) is 1.51. The Morgan fingerprint density at radius 1 is 1.20 bits per heavy atom. The zero-order valence-corrected chi connectivity index (χ0v) is 17.2. The number of halogens is 1. The number of ether oxygens (including phenoxy) is 2. The number of nitrogens with two attached hydrogens (primary N) is 1. The van der Waals surface area contributed by atoms with E-state index < -0.39 is 11.9 Å². The number of rotatable bonds is 9. The van der Waals surface area contributed by atoms with Crippen LogP contribution in [0, 0.1) is 0 Å². The first kappa shape index (κ1) is 23.7. The van der Waals surface area contributed by atoms with Crippen molar-refractivity contribution in [1.29, 1.82) is 0 Å². The van der Waals surface area contributed by atoms with Crippen LogP contribution >= 0.6 is 12.4 Å². The predicted octanol–water partition coefficient (Wildman–Crippen LogP) is -0.200. The number of carbonyl (C=O) groups is 4. The Bertz CT molecular complexity index is 818. The van der Waals surface area contributed by atoms with Crippen molar-refractivity contribution < 1.29 is 28.7 Å². The number of anilines is 1. The Morgan fingerprint density at radius 3 is 2.70 bits per heavy atom. The van der Waals surface area contributed by atoms with Crippen molar-refractivity contribution in [2.24, 2.45) is 5.73 Å². The van der Waals surface area contributed by atoms with Gasteiger partial charge in [0, 0.05) is 36.3 Å². The van der Waals surface area contributed by atoms with Gasteiger partial charge >= 0.3 is 0 Å². The molecule has 0 bridgehead atoms. The van der Waals surface area contributed by atoms with Crippen LogP contribution in [0.1, 0.15) is 28.8 Å². The molecule has 11 heteroatoms. The molecule has 1 aromatic carbocycles. The van der Waals surface area contributed by atoms with Crippen molar-refractivity contribution in [3.8, 4) is 0 Å². The van der Waals surface area contributed by atoms with Crippen molar-refractivity contribution in [2.75, 3.05) is 38.3 Å². The van der Waals surface area contributed by atoms with E-state index in [1.807, 2.05) is 0 Å². The normalized spacial score (nSPS) is 18.0. The third-order valence-corrected chi connectivity index (χ3v) is 4.72. The van der Waals surface area contributed by atoms with E-state index in [2.05, 4.69) is 10.6 Å². The number of nitrogens with zero attached hydrogens (tertiary/aromatic N) is 1. The maximum Gasteiger partial charge on any atom is 0.255 e. The van der Waals surface area contributed by atoms with Gasteiger partial charge in [0.25, 0.3) is 5.91 Å². The molecular formula is C19H25ClN4O6. The third kappa shape index (κ3) is 5.54. The molecule has 2 aliphatic heterocycles. The fourth-order valence-corrected chi connectivity index (χ4v) is 3.36. The molecule has 0 saturated carbocycles. The van der Waals surface area contributed by atoms with Gasteiger partial charge in [-0.3, -0.25) is 24.5 Å². The van der Waals surface area contributed by atoms with Crippen molar-refractivity contribution in [3.63, 3.8) is 0 Å². The quantitative estimate of drug-likeness (QED) is 0.356. The van der Waals surface area contributed by atoms with Gasteiger partial charge in [-0.05, 0) is 18.6 Å². The number of imide groups is 1. The van der Waals surface area contributed by atoms with E-state index in [9.17, 15) is 19.2 Å².